The summed E-state index contributed by atoms with van der Waals surface area (Å²) in [6.07, 6.45) is 0.759. The van der Waals surface area contributed by atoms with Crippen molar-refractivity contribution >= 4 is 23.0 Å². The first-order chi connectivity index (χ1) is 11.2. The summed E-state index contributed by atoms with van der Waals surface area (Å²) in [4.78, 5) is 23.4. The Morgan fingerprint density at radius 2 is 1.78 bits per heavy atom. The molecule has 5 nitrogen and oxygen atoms in total. The Labute approximate surface area is 131 Å². The Hall–Kier alpha value is -3.08. The van der Waals surface area contributed by atoms with Crippen LogP contribution in [0.4, 0.5) is 0 Å². The van der Waals surface area contributed by atoms with E-state index in [1.54, 1.807) is 42.5 Å². The van der Waals surface area contributed by atoms with Gasteiger partial charge in [-0.3, -0.25) is 9.59 Å². The van der Waals surface area contributed by atoms with Crippen LogP contribution in [-0.4, -0.2) is 25.3 Å². The molecule has 114 valence electrons. The second kappa shape index (κ2) is 5.28. The molecule has 0 atom stereocenters. The lowest BCUT2D eigenvalue weighted by molar-refractivity contribution is 0.101. The molecule has 0 unspecified atom stereocenters. The lowest BCUT2D eigenvalue weighted by Crippen LogP contribution is -2.15. The van der Waals surface area contributed by atoms with E-state index in [-0.39, 0.29) is 11.5 Å². The molecule has 2 heterocycles. The highest BCUT2D eigenvalue weighted by molar-refractivity contribution is 6.09. The van der Waals surface area contributed by atoms with Crippen molar-refractivity contribution in [1.29, 1.82) is 0 Å². The molecule has 0 amide bonds. The summed E-state index contributed by atoms with van der Waals surface area (Å²) in [5.74, 6) is 1.17. The quantitative estimate of drug-likeness (QED) is 0.549. The van der Waals surface area contributed by atoms with Crippen LogP contribution < -0.4 is 9.47 Å². The topological polar surface area (TPSA) is 65.7 Å². The largest absolute Gasteiger partial charge is 0.486 e. The van der Waals surface area contributed by atoms with E-state index < -0.39 is 0 Å². The van der Waals surface area contributed by atoms with Crippen molar-refractivity contribution in [2.45, 2.75) is 0 Å². The van der Waals surface area contributed by atoms with E-state index in [0.717, 1.165) is 11.7 Å². The minimum absolute atomic E-state index is 0.222. The zero-order valence-electron chi connectivity index (χ0n) is 12.1. The summed E-state index contributed by atoms with van der Waals surface area (Å²) >= 11 is 0. The number of benzene rings is 2. The molecule has 1 aliphatic rings. The number of carbonyl (C=O) groups is 2. The van der Waals surface area contributed by atoms with Crippen LogP contribution in [0.25, 0.3) is 11.0 Å². The third-order valence-electron chi connectivity index (χ3n) is 3.70. The normalized spacial score (nSPS) is 13.0. The molecular formula is C18H12O5. The minimum atomic E-state index is -0.245. The molecule has 0 spiro atoms. The van der Waals surface area contributed by atoms with Crippen molar-refractivity contribution in [1.82, 2.24) is 0 Å². The van der Waals surface area contributed by atoms with Gasteiger partial charge in [0.2, 0.25) is 5.78 Å². The van der Waals surface area contributed by atoms with Gasteiger partial charge < -0.3 is 13.9 Å². The summed E-state index contributed by atoms with van der Waals surface area (Å²) < 4.78 is 16.5. The first-order valence-electron chi connectivity index (χ1n) is 7.18. The van der Waals surface area contributed by atoms with Crippen molar-refractivity contribution in [3.8, 4) is 11.5 Å². The fourth-order valence-electron chi connectivity index (χ4n) is 2.57. The Kier molecular flexibility index (Phi) is 3.12. The lowest BCUT2D eigenvalue weighted by Gasteiger charge is -2.18. The number of ether oxygens (including phenoxy) is 2. The third-order valence-corrected chi connectivity index (χ3v) is 3.70. The number of ketones is 1. The number of carbonyl (C=O) groups excluding carboxylic acids is 2. The van der Waals surface area contributed by atoms with Crippen molar-refractivity contribution in [2.75, 3.05) is 13.2 Å². The molecule has 1 aromatic heterocycles. The monoisotopic (exact) mass is 308 g/mol. The maximum absolute atomic E-state index is 12.6. The Morgan fingerprint density at radius 1 is 0.957 bits per heavy atom. The SMILES string of the molecule is O=Cc1ccc2oc(C(=O)c3ccc4c(c3)OCCO4)cc2c1. The third kappa shape index (κ3) is 2.36. The average molecular weight is 308 g/mol. The number of fused-ring (bicyclic) bond motifs is 2. The molecule has 2 aromatic carbocycles. The molecule has 0 bridgehead atoms. The van der Waals surface area contributed by atoms with E-state index in [1.807, 2.05) is 0 Å². The fraction of sp³-hybridized carbons (Fsp3) is 0.111. The first kappa shape index (κ1) is 13.6. The molecule has 3 aromatic rings. The number of hydrogen-bond donors (Lipinski definition) is 0. The van der Waals surface area contributed by atoms with Gasteiger partial charge in [0.25, 0.3) is 0 Å². The molecule has 0 saturated heterocycles. The Morgan fingerprint density at radius 3 is 2.61 bits per heavy atom. The van der Waals surface area contributed by atoms with Crippen LogP contribution in [0.2, 0.25) is 0 Å². The van der Waals surface area contributed by atoms with Crippen LogP contribution in [-0.2, 0) is 0 Å². The van der Waals surface area contributed by atoms with Crippen LogP contribution in [0.15, 0.2) is 46.9 Å². The van der Waals surface area contributed by atoms with E-state index in [2.05, 4.69) is 0 Å². The molecule has 0 aliphatic carbocycles. The second-order valence-electron chi connectivity index (χ2n) is 5.21. The fourth-order valence-corrected chi connectivity index (χ4v) is 2.57. The summed E-state index contributed by atoms with van der Waals surface area (Å²) in [6.45, 7) is 0.965. The van der Waals surface area contributed by atoms with E-state index in [9.17, 15) is 9.59 Å². The molecule has 1 aliphatic heterocycles. The van der Waals surface area contributed by atoms with Gasteiger partial charge in [0.05, 0.1) is 0 Å². The molecule has 5 heteroatoms. The van der Waals surface area contributed by atoms with Gasteiger partial charge in [0.15, 0.2) is 17.3 Å². The number of hydrogen-bond acceptors (Lipinski definition) is 5. The van der Waals surface area contributed by atoms with Crippen molar-refractivity contribution in [3.63, 3.8) is 0 Å². The van der Waals surface area contributed by atoms with Gasteiger partial charge in [-0.2, -0.15) is 0 Å². The smallest absolute Gasteiger partial charge is 0.228 e. The van der Waals surface area contributed by atoms with Crippen LogP contribution in [0, 0.1) is 0 Å². The zero-order valence-corrected chi connectivity index (χ0v) is 12.1. The summed E-state index contributed by atoms with van der Waals surface area (Å²) in [5.41, 5.74) is 1.57. The van der Waals surface area contributed by atoms with Gasteiger partial charge in [-0.25, -0.2) is 0 Å². The Balaban J connectivity index is 1.72. The molecular weight excluding hydrogens is 296 g/mol. The van der Waals surface area contributed by atoms with Crippen LogP contribution >= 0.6 is 0 Å². The first-order valence-corrected chi connectivity index (χ1v) is 7.18. The summed E-state index contributed by atoms with van der Waals surface area (Å²) in [7, 11) is 0. The predicted octanol–water partition coefficient (Wildman–Crippen LogP) is 3.25. The lowest BCUT2D eigenvalue weighted by atomic mass is 10.1. The summed E-state index contributed by atoms with van der Waals surface area (Å²) in [5, 5.41) is 0.718. The summed E-state index contributed by atoms with van der Waals surface area (Å²) in [6, 6.07) is 11.7. The molecule has 0 radical (unpaired) electrons. The van der Waals surface area contributed by atoms with Gasteiger partial charge in [-0.05, 0) is 42.5 Å². The number of aldehydes is 1. The minimum Gasteiger partial charge on any atom is -0.486 e. The standard InChI is InChI=1S/C18H12O5/c19-10-11-1-3-14-13(7-11)9-17(23-14)18(20)12-2-4-15-16(8-12)22-6-5-21-15/h1-4,7-10H,5-6H2. The predicted molar refractivity (Wildman–Crippen MR) is 82.5 cm³/mol. The number of furan rings is 1. The van der Waals surface area contributed by atoms with Gasteiger partial charge in [0.1, 0.15) is 25.1 Å². The van der Waals surface area contributed by atoms with Gasteiger partial charge >= 0.3 is 0 Å². The Bertz CT molecular complexity index is 922. The second-order valence-corrected chi connectivity index (χ2v) is 5.21. The van der Waals surface area contributed by atoms with Gasteiger partial charge in [-0.15, -0.1) is 0 Å². The average Bonchev–Trinajstić information content (AvgIpc) is 3.03. The highest BCUT2D eigenvalue weighted by Gasteiger charge is 2.19. The van der Waals surface area contributed by atoms with Gasteiger partial charge in [0, 0.05) is 16.5 Å². The van der Waals surface area contributed by atoms with Crippen molar-refractivity contribution in [3.05, 3.63) is 59.4 Å². The van der Waals surface area contributed by atoms with Crippen LogP contribution in [0.1, 0.15) is 26.5 Å². The van der Waals surface area contributed by atoms with Gasteiger partial charge in [-0.1, -0.05) is 0 Å². The van der Waals surface area contributed by atoms with E-state index in [1.165, 1.54) is 0 Å². The van der Waals surface area contributed by atoms with Crippen LogP contribution in [0.5, 0.6) is 11.5 Å². The van der Waals surface area contributed by atoms with Crippen molar-refractivity contribution in [2.24, 2.45) is 0 Å². The highest BCUT2D eigenvalue weighted by Crippen LogP contribution is 2.32. The van der Waals surface area contributed by atoms with Crippen LogP contribution in [0.3, 0.4) is 0 Å². The van der Waals surface area contributed by atoms with E-state index in [0.29, 0.717) is 41.4 Å². The molecule has 23 heavy (non-hydrogen) atoms. The van der Waals surface area contributed by atoms with E-state index >= 15 is 0 Å². The molecule has 0 fully saturated rings. The maximum Gasteiger partial charge on any atom is 0.228 e. The molecule has 4 rings (SSSR count). The van der Waals surface area contributed by atoms with Crippen molar-refractivity contribution < 1.29 is 23.5 Å². The zero-order chi connectivity index (χ0) is 15.8. The molecule has 0 N–H and O–H groups in total. The maximum atomic E-state index is 12.6. The molecule has 0 saturated carbocycles. The highest BCUT2D eigenvalue weighted by atomic mass is 16.6. The van der Waals surface area contributed by atoms with E-state index in [4.69, 9.17) is 13.9 Å². The number of rotatable bonds is 3.